The lowest BCUT2D eigenvalue weighted by Crippen LogP contribution is -2.70. The van der Waals surface area contributed by atoms with Crippen LogP contribution in [0.2, 0.25) is 5.04 Å². The van der Waals surface area contributed by atoms with Crippen LogP contribution in [0.25, 0.3) is 0 Å². The quantitative estimate of drug-likeness (QED) is 0.700. The molecule has 2 aliphatic rings. The Morgan fingerprint density at radius 2 is 1.62 bits per heavy atom. The molecule has 0 saturated carbocycles. The minimum atomic E-state index is -2.79. The fourth-order valence-corrected chi connectivity index (χ4v) is 10.1. The molecule has 2 fully saturated rings. The lowest BCUT2D eigenvalue weighted by atomic mass is 9.82. The molecule has 0 spiro atoms. The van der Waals surface area contributed by atoms with Crippen molar-refractivity contribution in [3.63, 3.8) is 0 Å². The summed E-state index contributed by atoms with van der Waals surface area (Å²) in [6, 6.07) is 20.6. The summed E-state index contributed by atoms with van der Waals surface area (Å²) >= 11 is 0. The number of nitrogens with zero attached hydrogens (tertiary/aromatic N) is 1. The lowest BCUT2D eigenvalue weighted by Gasteiger charge is -2.50. The van der Waals surface area contributed by atoms with Gasteiger partial charge >= 0.3 is 6.09 Å². The summed E-state index contributed by atoms with van der Waals surface area (Å²) in [4.78, 5) is 25.6. The molecule has 1 unspecified atom stereocenters. The summed E-state index contributed by atoms with van der Waals surface area (Å²) in [5, 5.41) is 14.7. The first-order chi connectivity index (χ1) is 15.2. The van der Waals surface area contributed by atoms with Crippen LogP contribution in [-0.2, 0) is 9.22 Å². The maximum Gasteiger partial charge on any atom is 0.407 e. The first kappa shape index (κ1) is 22.5. The van der Waals surface area contributed by atoms with Gasteiger partial charge in [0.05, 0.1) is 18.6 Å². The van der Waals surface area contributed by atoms with Crippen molar-refractivity contribution in [3.05, 3.63) is 60.7 Å². The Balaban J connectivity index is 1.77. The Hall–Kier alpha value is -2.64. The van der Waals surface area contributed by atoms with E-state index in [0.717, 1.165) is 0 Å². The molecule has 2 aromatic rings. The van der Waals surface area contributed by atoms with E-state index in [1.807, 2.05) is 12.1 Å². The number of nitrogens with one attached hydrogen (secondary N) is 1. The number of likely N-dealkylation sites (tertiary alicyclic amines) is 1. The van der Waals surface area contributed by atoms with Gasteiger partial charge in [-0.25, -0.2) is 4.79 Å². The molecule has 0 aliphatic carbocycles. The van der Waals surface area contributed by atoms with E-state index in [2.05, 4.69) is 74.6 Å². The highest BCUT2D eigenvalue weighted by Gasteiger charge is 2.54. The molecule has 32 heavy (non-hydrogen) atoms. The summed E-state index contributed by atoms with van der Waals surface area (Å²) in [7, 11) is -2.79. The predicted octanol–water partition coefficient (Wildman–Crippen LogP) is 2.82. The Morgan fingerprint density at radius 3 is 2.12 bits per heavy atom. The lowest BCUT2D eigenvalue weighted by molar-refractivity contribution is -0.130. The summed E-state index contributed by atoms with van der Waals surface area (Å²) in [5.41, 5.74) is 0. The van der Waals surface area contributed by atoms with E-state index < -0.39 is 14.4 Å². The number of rotatable bonds is 4. The van der Waals surface area contributed by atoms with Gasteiger partial charge in [0.2, 0.25) is 5.91 Å². The molecule has 6 nitrogen and oxygen atoms in total. The van der Waals surface area contributed by atoms with Gasteiger partial charge in [-0.15, -0.1) is 0 Å². The zero-order chi connectivity index (χ0) is 22.9. The van der Waals surface area contributed by atoms with Crippen molar-refractivity contribution >= 4 is 30.7 Å². The molecule has 7 heteroatoms. The maximum atomic E-state index is 12.7. The topological polar surface area (TPSA) is 78.9 Å². The fraction of sp³-hybridized carbons (Fsp3) is 0.440. The Labute approximate surface area is 190 Å². The van der Waals surface area contributed by atoms with Crippen LogP contribution in [0.3, 0.4) is 0 Å². The minimum absolute atomic E-state index is 0.0681. The maximum absolute atomic E-state index is 12.7. The fourth-order valence-electron chi connectivity index (χ4n) is 5.39. The SMILES string of the molecule is CC(C)(C)[Si](OC1CC(=O)N[C@@H]2CN(C(=O)O)CC[C@H]12)(c1ccccc1)c1ccccc1. The third-order valence-corrected chi connectivity index (χ3v) is 12.0. The average molecular weight is 453 g/mol. The number of hydrogen-bond donors (Lipinski definition) is 2. The number of fused-ring (bicyclic) bond motifs is 1. The van der Waals surface area contributed by atoms with Gasteiger partial charge in [-0.3, -0.25) is 4.79 Å². The molecule has 0 aromatic heterocycles. The molecule has 170 valence electrons. The van der Waals surface area contributed by atoms with E-state index >= 15 is 0 Å². The van der Waals surface area contributed by atoms with Crippen molar-refractivity contribution in [1.29, 1.82) is 0 Å². The monoisotopic (exact) mass is 452 g/mol. The highest BCUT2D eigenvalue weighted by atomic mass is 28.4. The van der Waals surface area contributed by atoms with Gasteiger partial charge in [-0.2, -0.15) is 0 Å². The molecule has 2 aliphatic heterocycles. The zero-order valence-corrected chi connectivity index (χ0v) is 20.0. The van der Waals surface area contributed by atoms with Crippen molar-refractivity contribution in [2.45, 2.75) is 50.8 Å². The highest BCUT2D eigenvalue weighted by molar-refractivity contribution is 6.99. The third-order valence-electron chi connectivity index (χ3n) is 6.89. The zero-order valence-electron chi connectivity index (χ0n) is 19.0. The summed E-state index contributed by atoms with van der Waals surface area (Å²) in [5.74, 6) is 0.0198. The number of amides is 2. The number of carboxylic acid groups (broad SMARTS) is 1. The van der Waals surface area contributed by atoms with Crippen LogP contribution < -0.4 is 15.7 Å². The first-order valence-corrected chi connectivity index (χ1v) is 13.2. The molecule has 0 bridgehead atoms. The Kier molecular flexibility index (Phi) is 6.14. The Morgan fingerprint density at radius 1 is 1.06 bits per heavy atom. The van der Waals surface area contributed by atoms with Crippen molar-refractivity contribution in [3.8, 4) is 0 Å². The summed E-state index contributed by atoms with van der Waals surface area (Å²) in [6.45, 7) is 7.46. The first-order valence-electron chi connectivity index (χ1n) is 11.3. The number of benzene rings is 2. The van der Waals surface area contributed by atoms with Crippen LogP contribution in [0.15, 0.2) is 60.7 Å². The van der Waals surface area contributed by atoms with Gasteiger partial charge < -0.3 is 19.7 Å². The van der Waals surface area contributed by atoms with E-state index in [1.54, 1.807) is 0 Å². The largest absolute Gasteiger partial charge is 0.465 e. The second-order valence-corrected chi connectivity index (χ2v) is 14.1. The molecule has 2 N–H and O–H groups in total. The molecule has 2 saturated heterocycles. The molecule has 2 heterocycles. The van der Waals surface area contributed by atoms with Crippen molar-refractivity contribution in [2.24, 2.45) is 5.92 Å². The second kappa shape index (κ2) is 8.71. The molecule has 2 aromatic carbocycles. The van der Waals surface area contributed by atoms with Crippen LogP contribution in [0.4, 0.5) is 4.79 Å². The van der Waals surface area contributed by atoms with Crippen molar-refractivity contribution in [1.82, 2.24) is 10.2 Å². The average Bonchev–Trinajstić information content (AvgIpc) is 2.77. The van der Waals surface area contributed by atoms with Gasteiger partial charge in [0, 0.05) is 19.0 Å². The van der Waals surface area contributed by atoms with Gasteiger partial charge in [0.25, 0.3) is 8.32 Å². The van der Waals surface area contributed by atoms with Crippen LogP contribution in [0.5, 0.6) is 0 Å². The second-order valence-electron chi connectivity index (χ2n) is 9.88. The van der Waals surface area contributed by atoms with Crippen molar-refractivity contribution in [2.75, 3.05) is 13.1 Å². The van der Waals surface area contributed by atoms with Gasteiger partial charge in [0.15, 0.2) is 0 Å². The van der Waals surface area contributed by atoms with E-state index in [0.29, 0.717) is 25.9 Å². The van der Waals surface area contributed by atoms with Crippen LogP contribution in [0.1, 0.15) is 33.6 Å². The van der Waals surface area contributed by atoms with E-state index in [9.17, 15) is 14.7 Å². The third kappa shape index (κ3) is 4.07. The molecule has 3 atom stereocenters. The number of carbonyl (C=O) groups excluding carboxylic acids is 1. The smallest absolute Gasteiger partial charge is 0.407 e. The van der Waals surface area contributed by atoms with E-state index in [4.69, 9.17) is 4.43 Å². The highest BCUT2D eigenvalue weighted by Crippen LogP contribution is 2.40. The van der Waals surface area contributed by atoms with Crippen LogP contribution in [-0.4, -0.2) is 55.6 Å². The molecule has 2 amide bonds. The Bertz CT molecular complexity index is 921. The molecular formula is C25H32N2O4Si. The number of carbonyl (C=O) groups is 2. The van der Waals surface area contributed by atoms with E-state index in [1.165, 1.54) is 15.3 Å². The normalized spacial score (nSPS) is 23.9. The standard InChI is InChI=1S/C25H32N2O4Si/c1-25(2,3)32(18-10-6-4-7-11-18,19-12-8-5-9-13-19)31-22-16-23(28)26-21-17-27(24(29)30)15-14-20(21)22/h4-13,20-22H,14-17H2,1-3H3,(H,26,28)(H,29,30)/t20-,21+,22?/m0/s1. The number of hydrogen-bond acceptors (Lipinski definition) is 3. The predicted molar refractivity (Wildman–Crippen MR) is 127 cm³/mol. The van der Waals surface area contributed by atoms with Gasteiger partial charge in [-0.1, -0.05) is 81.4 Å². The molecule has 4 rings (SSSR count). The summed E-state index contributed by atoms with van der Waals surface area (Å²) in [6.07, 6.45) is -0.206. The van der Waals surface area contributed by atoms with Crippen LogP contribution in [0, 0.1) is 5.92 Å². The minimum Gasteiger partial charge on any atom is -0.465 e. The molecular weight excluding hydrogens is 420 g/mol. The van der Waals surface area contributed by atoms with Gasteiger partial charge in [0.1, 0.15) is 0 Å². The summed E-state index contributed by atoms with van der Waals surface area (Å²) < 4.78 is 7.26. The van der Waals surface area contributed by atoms with Gasteiger partial charge in [-0.05, 0) is 21.8 Å². The van der Waals surface area contributed by atoms with Crippen molar-refractivity contribution < 1.29 is 19.1 Å². The number of piperidine rings is 2. The van der Waals surface area contributed by atoms with Crippen LogP contribution >= 0.6 is 0 Å². The molecule has 0 radical (unpaired) electrons. The van der Waals surface area contributed by atoms with E-state index in [-0.39, 0.29) is 29.0 Å².